The molecule has 5 heteroatoms. The predicted molar refractivity (Wildman–Crippen MR) is 89.3 cm³/mol. The molecule has 1 aliphatic carbocycles. The fourth-order valence-electron chi connectivity index (χ4n) is 2.99. The van der Waals surface area contributed by atoms with Gasteiger partial charge >= 0.3 is 0 Å². The summed E-state index contributed by atoms with van der Waals surface area (Å²) in [5, 5.41) is 5.58. The Hall–Kier alpha value is -2.04. The molecule has 1 aromatic carbocycles. The molecule has 1 aliphatic rings. The van der Waals surface area contributed by atoms with Crippen LogP contribution >= 0.6 is 0 Å². The lowest BCUT2D eigenvalue weighted by atomic mass is 9.89. The molecule has 0 radical (unpaired) electrons. The van der Waals surface area contributed by atoms with Gasteiger partial charge in [0.2, 0.25) is 11.8 Å². The number of rotatable bonds is 7. The van der Waals surface area contributed by atoms with Crippen LogP contribution in [-0.2, 0) is 16.0 Å². The van der Waals surface area contributed by atoms with E-state index in [-0.39, 0.29) is 24.3 Å². The zero-order valence-electron chi connectivity index (χ0n) is 13.8. The lowest BCUT2D eigenvalue weighted by Gasteiger charge is -2.20. The van der Waals surface area contributed by atoms with Gasteiger partial charge in [-0.3, -0.25) is 9.59 Å². The maximum Gasteiger partial charge on any atom is 0.239 e. The van der Waals surface area contributed by atoms with E-state index in [2.05, 4.69) is 10.6 Å². The SMILES string of the molecule is COc1ccccc1CCNC(=O)CNC(=O)C1CCCCC1. The Morgan fingerprint density at radius 3 is 2.61 bits per heavy atom. The molecule has 0 heterocycles. The molecule has 5 nitrogen and oxygen atoms in total. The van der Waals surface area contributed by atoms with Crippen LogP contribution in [0.3, 0.4) is 0 Å². The van der Waals surface area contributed by atoms with Crippen molar-refractivity contribution in [3.05, 3.63) is 29.8 Å². The Balaban J connectivity index is 1.66. The lowest BCUT2D eigenvalue weighted by Crippen LogP contribution is -2.40. The van der Waals surface area contributed by atoms with Crippen LogP contribution < -0.4 is 15.4 Å². The van der Waals surface area contributed by atoms with E-state index in [1.54, 1.807) is 7.11 Å². The molecule has 0 spiro atoms. The standard InChI is InChI=1S/C18H26N2O3/c1-23-16-10-6-5-7-14(16)11-12-19-17(21)13-20-18(22)15-8-3-2-4-9-15/h5-7,10,15H,2-4,8-9,11-13H2,1H3,(H,19,21)(H,20,22). The fraction of sp³-hybridized carbons (Fsp3) is 0.556. The molecule has 0 aromatic heterocycles. The van der Waals surface area contributed by atoms with E-state index in [1.165, 1.54) is 6.42 Å². The molecule has 1 fully saturated rings. The van der Waals surface area contributed by atoms with Gasteiger partial charge in [-0.05, 0) is 30.9 Å². The first-order valence-electron chi connectivity index (χ1n) is 8.37. The van der Waals surface area contributed by atoms with E-state index in [1.807, 2.05) is 24.3 Å². The molecule has 1 saturated carbocycles. The van der Waals surface area contributed by atoms with Crippen molar-refractivity contribution in [3.63, 3.8) is 0 Å². The smallest absolute Gasteiger partial charge is 0.239 e. The van der Waals surface area contributed by atoms with Gasteiger partial charge in [0, 0.05) is 12.5 Å². The first kappa shape index (κ1) is 17.3. The van der Waals surface area contributed by atoms with Crippen LogP contribution in [-0.4, -0.2) is 32.0 Å². The van der Waals surface area contributed by atoms with E-state index < -0.39 is 0 Å². The number of carbonyl (C=O) groups excluding carboxylic acids is 2. The highest BCUT2D eigenvalue weighted by Crippen LogP contribution is 2.23. The number of benzene rings is 1. The summed E-state index contributed by atoms with van der Waals surface area (Å²) in [6, 6.07) is 7.75. The second-order valence-electron chi connectivity index (χ2n) is 5.96. The fourth-order valence-corrected chi connectivity index (χ4v) is 2.99. The second-order valence-corrected chi connectivity index (χ2v) is 5.96. The van der Waals surface area contributed by atoms with Gasteiger partial charge < -0.3 is 15.4 Å². The average Bonchev–Trinajstić information content (AvgIpc) is 2.61. The number of carbonyl (C=O) groups is 2. The monoisotopic (exact) mass is 318 g/mol. The van der Waals surface area contributed by atoms with Crippen LogP contribution in [0, 0.1) is 5.92 Å². The van der Waals surface area contributed by atoms with Crippen molar-refractivity contribution in [2.24, 2.45) is 5.92 Å². The molecule has 0 unspecified atom stereocenters. The van der Waals surface area contributed by atoms with Gasteiger partial charge in [0.1, 0.15) is 5.75 Å². The first-order chi connectivity index (χ1) is 11.2. The maximum absolute atomic E-state index is 12.0. The number of hydrogen-bond donors (Lipinski definition) is 2. The van der Waals surface area contributed by atoms with Crippen molar-refractivity contribution in [2.75, 3.05) is 20.2 Å². The molecule has 0 saturated heterocycles. The van der Waals surface area contributed by atoms with Gasteiger partial charge in [-0.15, -0.1) is 0 Å². The number of hydrogen-bond acceptors (Lipinski definition) is 3. The van der Waals surface area contributed by atoms with E-state index >= 15 is 0 Å². The quantitative estimate of drug-likeness (QED) is 0.808. The van der Waals surface area contributed by atoms with Gasteiger partial charge in [-0.2, -0.15) is 0 Å². The summed E-state index contributed by atoms with van der Waals surface area (Å²) >= 11 is 0. The zero-order valence-corrected chi connectivity index (χ0v) is 13.8. The lowest BCUT2D eigenvalue weighted by molar-refractivity contribution is -0.129. The van der Waals surface area contributed by atoms with E-state index in [9.17, 15) is 9.59 Å². The topological polar surface area (TPSA) is 67.4 Å². The molecule has 0 bridgehead atoms. The van der Waals surface area contributed by atoms with Crippen molar-refractivity contribution < 1.29 is 14.3 Å². The van der Waals surface area contributed by atoms with Gasteiger partial charge in [0.25, 0.3) is 0 Å². The summed E-state index contributed by atoms with van der Waals surface area (Å²) in [6.07, 6.45) is 6.04. The minimum atomic E-state index is -0.149. The summed E-state index contributed by atoms with van der Waals surface area (Å²) < 4.78 is 5.28. The molecule has 2 amide bonds. The Labute approximate surface area is 137 Å². The summed E-state index contributed by atoms with van der Waals surface area (Å²) in [5.74, 6) is 0.783. The van der Waals surface area contributed by atoms with Gasteiger partial charge in [-0.25, -0.2) is 0 Å². The molecule has 126 valence electrons. The summed E-state index contributed by atoms with van der Waals surface area (Å²) in [4.78, 5) is 23.8. The average molecular weight is 318 g/mol. The third-order valence-corrected chi connectivity index (χ3v) is 4.31. The van der Waals surface area contributed by atoms with Crippen LogP contribution in [0.5, 0.6) is 5.75 Å². The zero-order chi connectivity index (χ0) is 16.5. The number of amides is 2. The van der Waals surface area contributed by atoms with Crippen LogP contribution in [0.25, 0.3) is 0 Å². The molecule has 2 N–H and O–H groups in total. The van der Waals surface area contributed by atoms with Crippen molar-refractivity contribution in [3.8, 4) is 5.75 Å². The highest BCUT2D eigenvalue weighted by molar-refractivity contribution is 5.85. The van der Waals surface area contributed by atoms with Gasteiger partial charge in [0.05, 0.1) is 13.7 Å². The van der Waals surface area contributed by atoms with Gasteiger partial charge in [0.15, 0.2) is 0 Å². The first-order valence-corrected chi connectivity index (χ1v) is 8.37. The Morgan fingerprint density at radius 1 is 1.13 bits per heavy atom. The highest BCUT2D eigenvalue weighted by atomic mass is 16.5. The number of nitrogens with one attached hydrogen (secondary N) is 2. The van der Waals surface area contributed by atoms with Crippen LogP contribution in [0.15, 0.2) is 24.3 Å². The maximum atomic E-state index is 12.0. The summed E-state index contributed by atoms with van der Waals surface area (Å²) in [5.41, 5.74) is 1.06. The molecular weight excluding hydrogens is 292 g/mol. The number of para-hydroxylation sites is 1. The third-order valence-electron chi connectivity index (χ3n) is 4.31. The Bertz CT molecular complexity index is 525. The number of methoxy groups -OCH3 is 1. The van der Waals surface area contributed by atoms with E-state index in [0.717, 1.165) is 37.0 Å². The summed E-state index contributed by atoms with van der Waals surface area (Å²) in [6.45, 7) is 0.583. The summed E-state index contributed by atoms with van der Waals surface area (Å²) in [7, 11) is 1.64. The third kappa shape index (κ3) is 5.58. The van der Waals surface area contributed by atoms with E-state index in [0.29, 0.717) is 13.0 Å². The highest BCUT2D eigenvalue weighted by Gasteiger charge is 2.21. The predicted octanol–water partition coefficient (Wildman–Crippen LogP) is 2.05. The molecule has 1 aromatic rings. The van der Waals surface area contributed by atoms with Crippen LogP contribution in [0.1, 0.15) is 37.7 Å². The normalized spacial score (nSPS) is 15.0. The van der Waals surface area contributed by atoms with Crippen molar-refractivity contribution in [1.82, 2.24) is 10.6 Å². The van der Waals surface area contributed by atoms with E-state index in [4.69, 9.17) is 4.74 Å². The van der Waals surface area contributed by atoms with Crippen LogP contribution in [0.2, 0.25) is 0 Å². The largest absolute Gasteiger partial charge is 0.496 e. The minimum absolute atomic E-state index is 0.0181. The van der Waals surface area contributed by atoms with Crippen molar-refractivity contribution in [2.45, 2.75) is 38.5 Å². The van der Waals surface area contributed by atoms with Crippen molar-refractivity contribution in [1.29, 1.82) is 0 Å². The molecule has 0 aliphatic heterocycles. The Kier molecular flexibility index (Phi) is 6.91. The van der Waals surface area contributed by atoms with Crippen molar-refractivity contribution >= 4 is 11.8 Å². The Morgan fingerprint density at radius 2 is 1.87 bits per heavy atom. The number of ether oxygens (including phenoxy) is 1. The molecule has 2 rings (SSSR count). The minimum Gasteiger partial charge on any atom is -0.496 e. The van der Waals surface area contributed by atoms with Gasteiger partial charge in [-0.1, -0.05) is 37.5 Å². The molecule has 23 heavy (non-hydrogen) atoms. The second kappa shape index (κ2) is 9.18. The molecular formula is C18H26N2O3. The van der Waals surface area contributed by atoms with Crippen LogP contribution in [0.4, 0.5) is 0 Å². The molecule has 0 atom stereocenters.